The largest absolute Gasteiger partial charge is 0.496 e. The van der Waals surface area contributed by atoms with E-state index in [2.05, 4.69) is 5.32 Å². The van der Waals surface area contributed by atoms with Crippen LogP contribution in [0.2, 0.25) is 0 Å². The molecule has 0 aliphatic carbocycles. The predicted molar refractivity (Wildman–Crippen MR) is 72.1 cm³/mol. The van der Waals surface area contributed by atoms with Crippen LogP contribution in [-0.2, 0) is 14.3 Å². The number of methoxy groups -OCH3 is 2. The van der Waals surface area contributed by atoms with Crippen molar-refractivity contribution in [2.75, 3.05) is 27.6 Å². The van der Waals surface area contributed by atoms with Gasteiger partial charge < -0.3 is 19.5 Å². The minimum absolute atomic E-state index is 0.117. The van der Waals surface area contributed by atoms with Gasteiger partial charge >= 0.3 is 0 Å². The van der Waals surface area contributed by atoms with E-state index in [1.54, 1.807) is 14.2 Å². The van der Waals surface area contributed by atoms with Crippen molar-refractivity contribution in [1.29, 1.82) is 0 Å². The number of carbonyl (C=O) groups is 1. The maximum atomic E-state index is 11.3. The molecule has 0 spiro atoms. The van der Waals surface area contributed by atoms with Crippen LogP contribution < -0.4 is 10.1 Å². The summed E-state index contributed by atoms with van der Waals surface area (Å²) in [5.41, 5.74) is 1.99. The Morgan fingerprint density at radius 2 is 2.11 bits per heavy atom. The van der Waals surface area contributed by atoms with Crippen molar-refractivity contribution in [2.24, 2.45) is 0 Å². The van der Waals surface area contributed by atoms with Gasteiger partial charge in [-0.05, 0) is 18.6 Å². The third-order valence-electron chi connectivity index (χ3n) is 2.63. The van der Waals surface area contributed by atoms with Gasteiger partial charge in [0.05, 0.1) is 19.8 Å². The standard InChI is InChI=1S/C14H21NO4/c1-10-5-6-12(14(7-10)18-4)13(15-11(2)16)8-19-9-17-3/h5-7,13H,8-9H2,1-4H3,(H,15,16)/t13-/m1/s1. The fraction of sp³-hybridized carbons (Fsp3) is 0.500. The molecule has 1 N–H and O–H groups in total. The molecule has 0 fully saturated rings. The third-order valence-corrected chi connectivity index (χ3v) is 2.63. The fourth-order valence-electron chi connectivity index (χ4n) is 1.81. The van der Waals surface area contributed by atoms with Crippen LogP contribution in [0.4, 0.5) is 0 Å². The Hall–Kier alpha value is -1.59. The first-order valence-corrected chi connectivity index (χ1v) is 6.06. The second-order valence-electron chi connectivity index (χ2n) is 4.28. The Kier molecular flexibility index (Phi) is 6.32. The highest BCUT2D eigenvalue weighted by atomic mass is 16.7. The number of nitrogens with one attached hydrogen (secondary N) is 1. The van der Waals surface area contributed by atoms with E-state index in [-0.39, 0.29) is 18.7 Å². The number of hydrogen-bond donors (Lipinski definition) is 1. The monoisotopic (exact) mass is 267 g/mol. The SMILES string of the molecule is COCOC[C@@H](NC(C)=O)c1ccc(C)cc1OC. The lowest BCUT2D eigenvalue weighted by atomic mass is 10.0. The lowest BCUT2D eigenvalue weighted by Gasteiger charge is -2.21. The van der Waals surface area contributed by atoms with Crippen molar-refractivity contribution in [1.82, 2.24) is 5.32 Å². The van der Waals surface area contributed by atoms with Gasteiger partial charge in [0.1, 0.15) is 12.5 Å². The van der Waals surface area contributed by atoms with Crippen LogP contribution >= 0.6 is 0 Å². The van der Waals surface area contributed by atoms with Gasteiger partial charge in [0.25, 0.3) is 0 Å². The van der Waals surface area contributed by atoms with E-state index >= 15 is 0 Å². The van der Waals surface area contributed by atoms with Gasteiger partial charge in [0.15, 0.2) is 0 Å². The molecule has 0 saturated heterocycles. The Labute approximate surface area is 113 Å². The quantitative estimate of drug-likeness (QED) is 0.604. The number of benzene rings is 1. The summed E-state index contributed by atoms with van der Waals surface area (Å²) in [6.07, 6.45) is 0. The zero-order valence-corrected chi connectivity index (χ0v) is 11.9. The maximum Gasteiger partial charge on any atom is 0.217 e. The second kappa shape index (κ2) is 7.76. The lowest BCUT2D eigenvalue weighted by Crippen LogP contribution is -2.30. The summed E-state index contributed by atoms with van der Waals surface area (Å²) in [5.74, 6) is 0.619. The van der Waals surface area contributed by atoms with Crippen molar-refractivity contribution >= 4 is 5.91 Å². The highest BCUT2D eigenvalue weighted by Crippen LogP contribution is 2.26. The summed E-state index contributed by atoms with van der Waals surface area (Å²) in [7, 11) is 3.17. The summed E-state index contributed by atoms with van der Waals surface area (Å²) in [4.78, 5) is 11.3. The van der Waals surface area contributed by atoms with Crippen LogP contribution in [0, 0.1) is 6.92 Å². The van der Waals surface area contributed by atoms with Crippen molar-refractivity contribution < 1.29 is 19.0 Å². The van der Waals surface area contributed by atoms with E-state index in [4.69, 9.17) is 14.2 Å². The molecule has 1 aromatic rings. The first-order valence-electron chi connectivity index (χ1n) is 6.06. The molecule has 0 unspecified atom stereocenters. The van der Waals surface area contributed by atoms with Gasteiger partial charge in [-0.3, -0.25) is 4.79 Å². The molecule has 1 aromatic carbocycles. The van der Waals surface area contributed by atoms with Gasteiger partial charge in [-0.2, -0.15) is 0 Å². The molecule has 0 radical (unpaired) electrons. The zero-order chi connectivity index (χ0) is 14.3. The number of rotatable bonds is 7. The molecule has 19 heavy (non-hydrogen) atoms. The summed E-state index contributed by atoms with van der Waals surface area (Å²) in [6, 6.07) is 5.58. The van der Waals surface area contributed by atoms with E-state index in [9.17, 15) is 4.79 Å². The molecule has 0 bridgehead atoms. The van der Waals surface area contributed by atoms with Crippen molar-refractivity contribution in [3.8, 4) is 5.75 Å². The van der Waals surface area contributed by atoms with E-state index in [1.807, 2.05) is 25.1 Å². The molecule has 1 rings (SSSR count). The highest BCUT2D eigenvalue weighted by molar-refractivity contribution is 5.73. The first kappa shape index (κ1) is 15.5. The van der Waals surface area contributed by atoms with Crippen LogP contribution in [0.1, 0.15) is 24.1 Å². The Morgan fingerprint density at radius 3 is 2.68 bits per heavy atom. The molecule has 0 aromatic heterocycles. The maximum absolute atomic E-state index is 11.3. The van der Waals surface area contributed by atoms with Crippen LogP contribution in [0.5, 0.6) is 5.75 Å². The fourth-order valence-corrected chi connectivity index (χ4v) is 1.81. The van der Waals surface area contributed by atoms with Gasteiger partial charge in [0, 0.05) is 19.6 Å². The highest BCUT2D eigenvalue weighted by Gasteiger charge is 2.17. The number of ether oxygens (including phenoxy) is 3. The summed E-state index contributed by atoms with van der Waals surface area (Å²) >= 11 is 0. The Morgan fingerprint density at radius 1 is 1.37 bits per heavy atom. The van der Waals surface area contributed by atoms with Crippen molar-refractivity contribution in [3.05, 3.63) is 29.3 Å². The van der Waals surface area contributed by atoms with Gasteiger partial charge in [-0.1, -0.05) is 12.1 Å². The number of aryl methyl sites for hydroxylation is 1. The predicted octanol–water partition coefficient (Wildman–Crippen LogP) is 1.80. The third kappa shape index (κ3) is 4.89. The van der Waals surface area contributed by atoms with Crippen molar-refractivity contribution in [3.63, 3.8) is 0 Å². The smallest absolute Gasteiger partial charge is 0.217 e. The molecule has 0 heterocycles. The van der Waals surface area contributed by atoms with Crippen molar-refractivity contribution in [2.45, 2.75) is 19.9 Å². The first-order chi connectivity index (χ1) is 9.08. The van der Waals surface area contributed by atoms with Gasteiger partial charge in [0.2, 0.25) is 5.91 Å². The van der Waals surface area contributed by atoms with Crippen LogP contribution in [0.15, 0.2) is 18.2 Å². The summed E-state index contributed by atoms with van der Waals surface area (Å²) < 4.78 is 15.5. The number of carbonyl (C=O) groups excluding carboxylic acids is 1. The Balaban J connectivity index is 2.91. The summed E-state index contributed by atoms with van der Waals surface area (Å²) in [6.45, 7) is 3.97. The molecule has 0 aliphatic heterocycles. The Bertz CT molecular complexity index is 420. The second-order valence-corrected chi connectivity index (χ2v) is 4.28. The average Bonchev–Trinajstić information content (AvgIpc) is 2.37. The van der Waals surface area contributed by atoms with Gasteiger partial charge in [-0.25, -0.2) is 0 Å². The molecule has 1 atom stereocenters. The average molecular weight is 267 g/mol. The minimum atomic E-state index is -0.261. The molecule has 5 nitrogen and oxygen atoms in total. The molecule has 5 heteroatoms. The molecule has 1 amide bonds. The normalized spacial score (nSPS) is 12.0. The zero-order valence-electron chi connectivity index (χ0n) is 11.9. The molecular formula is C14H21NO4. The number of hydrogen-bond acceptors (Lipinski definition) is 4. The summed E-state index contributed by atoms with van der Waals surface area (Å²) in [5, 5.41) is 2.85. The van der Waals surface area contributed by atoms with Crippen LogP contribution in [0.3, 0.4) is 0 Å². The van der Waals surface area contributed by atoms with Crippen LogP contribution in [0.25, 0.3) is 0 Å². The van der Waals surface area contributed by atoms with Crippen LogP contribution in [-0.4, -0.2) is 33.5 Å². The van der Waals surface area contributed by atoms with E-state index in [0.717, 1.165) is 16.9 Å². The molecule has 106 valence electrons. The minimum Gasteiger partial charge on any atom is -0.496 e. The molecule has 0 aliphatic rings. The topological polar surface area (TPSA) is 56.8 Å². The van der Waals surface area contributed by atoms with E-state index in [0.29, 0.717) is 6.61 Å². The molecular weight excluding hydrogens is 246 g/mol. The van der Waals surface area contributed by atoms with Gasteiger partial charge in [-0.15, -0.1) is 0 Å². The van der Waals surface area contributed by atoms with E-state index in [1.165, 1.54) is 6.92 Å². The molecule has 0 saturated carbocycles. The van der Waals surface area contributed by atoms with E-state index < -0.39 is 0 Å². The lowest BCUT2D eigenvalue weighted by molar-refractivity contribution is -0.120. The number of amides is 1.